The summed E-state index contributed by atoms with van der Waals surface area (Å²) in [6, 6.07) is 8.85. The van der Waals surface area contributed by atoms with E-state index in [1.54, 1.807) is 25.4 Å². The molecule has 0 unspecified atom stereocenters. The number of carbonyl (C=O) groups excluding carboxylic acids is 1. The first kappa shape index (κ1) is 17.5. The van der Waals surface area contributed by atoms with Crippen LogP contribution in [0.3, 0.4) is 0 Å². The van der Waals surface area contributed by atoms with Gasteiger partial charge in [0, 0.05) is 41.0 Å². The predicted molar refractivity (Wildman–Crippen MR) is 98.9 cm³/mol. The number of nitrogens with one attached hydrogen (secondary N) is 2. The van der Waals surface area contributed by atoms with Crippen molar-refractivity contribution in [1.29, 1.82) is 0 Å². The third-order valence-electron chi connectivity index (χ3n) is 4.06. The van der Waals surface area contributed by atoms with Crippen LogP contribution in [0.4, 0.5) is 5.69 Å². The molecule has 0 aliphatic rings. The van der Waals surface area contributed by atoms with Crippen LogP contribution in [-0.2, 0) is 0 Å². The van der Waals surface area contributed by atoms with Gasteiger partial charge in [-0.3, -0.25) is 4.79 Å². The quantitative estimate of drug-likeness (QED) is 0.707. The number of carbonyl (C=O) groups is 1. The highest BCUT2D eigenvalue weighted by Crippen LogP contribution is 2.40. The van der Waals surface area contributed by atoms with Crippen molar-refractivity contribution in [3.8, 4) is 23.0 Å². The Bertz CT molecular complexity index is 923. The molecule has 0 fully saturated rings. The lowest BCUT2D eigenvalue weighted by molar-refractivity contribution is 0.102. The first-order valence-corrected chi connectivity index (χ1v) is 7.87. The Hall–Kier alpha value is -3.35. The maximum atomic E-state index is 12.7. The summed E-state index contributed by atoms with van der Waals surface area (Å²) in [5.41, 5.74) is 1.88. The molecular weight excluding hydrogens is 336 g/mol. The molecule has 3 aromatic rings. The highest BCUT2D eigenvalue weighted by molar-refractivity contribution is 6.13. The van der Waals surface area contributed by atoms with Crippen molar-refractivity contribution in [2.24, 2.45) is 0 Å². The molecule has 0 aliphatic heterocycles. The maximum absolute atomic E-state index is 12.7. The van der Waals surface area contributed by atoms with Gasteiger partial charge in [0.1, 0.15) is 5.75 Å². The lowest BCUT2D eigenvalue weighted by Crippen LogP contribution is -2.11. The van der Waals surface area contributed by atoms with Crippen molar-refractivity contribution in [2.45, 2.75) is 0 Å². The van der Waals surface area contributed by atoms with E-state index in [-0.39, 0.29) is 5.91 Å². The summed E-state index contributed by atoms with van der Waals surface area (Å²) in [6.07, 6.45) is 1.66. The van der Waals surface area contributed by atoms with Crippen molar-refractivity contribution >= 4 is 22.5 Å². The average Bonchev–Trinajstić information content (AvgIpc) is 3.10. The van der Waals surface area contributed by atoms with Crippen molar-refractivity contribution in [3.05, 3.63) is 42.1 Å². The second-order valence-electron chi connectivity index (χ2n) is 5.48. The number of amides is 1. The number of H-pyrrole nitrogens is 1. The van der Waals surface area contributed by atoms with E-state index < -0.39 is 0 Å². The van der Waals surface area contributed by atoms with Gasteiger partial charge in [0.15, 0.2) is 11.5 Å². The van der Waals surface area contributed by atoms with Crippen LogP contribution in [0.2, 0.25) is 0 Å². The van der Waals surface area contributed by atoms with Crippen molar-refractivity contribution in [2.75, 3.05) is 33.8 Å². The standard InChI is InChI=1S/C19H20N2O5/c1-23-12-5-6-13-14(10-20-15(13)9-12)19(22)21-11-7-16(24-2)18(26-4)17(8-11)25-3/h5-10,20H,1-4H3,(H,21,22). The number of rotatable bonds is 6. The van der Waals surface area contributed by atoms with E-state index in [0.29, 0.717) is 28.5 Å². The largest absolute Gasteiger partial charge is 0.497 e. The zero-order valence-corrected chi connectivity index (χ0v) is 15.0. The summed E-state index contributed by atoms with van der Waals surface area (Å²) < 4.78 is 21.1. The smallest absolute Gasteiger partial charge is 0.257 e. The van der Waals surface area contributed by atoms with Gasteiger partial charge in [-0.15, -0.1) is 0 Å². The minimum atomic E-state index is -0.254. The predicted octanol–water partition coefficient (Wildman–Crippen LogP) is 3.45. The average molecular weight is 356 g/mol. The van der Waals surface area contributed by atoms with Gasteiger partial charge in [0.05, 0.1) is 34.0 Å². The number of hydrogen-bond donors (Lipinski definition) is 2. The topological polar surface area (TPSA) is 81.8 Å². The van der Waals surface area contributed by atoms with Gasteiger partial charge in [-0.05, 0) is 12.1 Å². The molecule has 0 aliphatic carbocycles. The molecule has 0 spiro atoms. The molecule has 2 aromatic carbocycles. The number of ether oxygens (including phenoxy) is 4. The minimum Gasteiger partial charge on any atom is -0.497 e. The normalized spacial score (nSPS) is 10.5. The van der Waals surface area contributed by atoms with E-state index in [4.69, 9.17) is 18.9 Å². The van der Waals surface area contributed by atoms with E-state index in [0.717, 1.165) is 16.7 Å². The van der Waals surface area contributed by atoms with Crippen LogP contribution in [-0.4, -0.2) is 39.3 Å². The number of aromatic amines is 1. The Balaban J connectivity index is 1.93. The third kappa shape index (κ3) is 3.11. The fraction of sp³-hybridized carbons (Fsp3) is 0.211. The molecule has 7 nitrogen and oxygen atoms in total. The van der Waals surface area contributed by atoms with E-state index in [2.05, 4.69) is 10.3 Å². The number of methoxy groups -OCH3 is 4. The molecule has 1 amide bonds. The first-order valence-electron chi connectivity index (χ1n) is 7.87. The van der Waals surface area contributed by atoms with Crippen LogP contribution in [0.5, 0.6) is 23.0 Å². The lowest BCUT2D eigenvalue weighted by atomic mass is 10.1. The number of benzene rings is 2. The Kier molecular flexibility index (Phi) is 4.88. The Morgan fingerprint density at radius 1 is 0.923 bits per heavy atom. The van der Waals surface area contributed by atoms with Crippen molar-refractivity contribution in [3.63, 3.8) is 0 Å². The van der Waals surface area contributed by atoms with E-state index in [1.807, 2.05) is 18.2 Å². The van der Waals surface area contributed by atoms with E-state index in [1.165, 1.54) is 21.3 Å². The summed E-state index contributed by atoms with van der Waals surface area (Å²) in [5.74, 6) is 1.86. The second-order valence-corrected chi connectivity index (χ2v) is 5.48. The molecule has 1 heterocycles. The molecule has 7 heteroatoms. The summed E-state index contributed by atoms with van der Waals surface area (Å²) in [4.78, 5) is 15.8. The summed E-state index contributed by atoms with van der Waals surface area (Å²) in [5, 5.41) is 3.66. The van der Waals surface area contributed by atoms with Crippen LogP contribution in [0.1, 0.15) is 10.4 Å². The molecule has 0 saturated heterocycles. The van der Waals surface area contributed by atoms with Gasteiger partial charge in [0.25, 0.3) is 5.91 Å². The van der Waals surface area contributed by atoms with Crippen molar-refractivity contribution < 1.29 is 23.7 Å². The van der Waals surface area contributed by atoms with Crippen LogP contribution in [0, 0.1) is 0 Å². The fourth-order valence-electron chi connectivity index (χ4n) is 2.77. The molecule has 0 bridgehead atoms. The van der Waals surface area contributed by atoms with Gasteiger partial charge >= 0.3 is 0 Å². The Morgan fingerprint density at radius 2 is 1.62 bits per heavy atom. The fourth-order valence-corrected chi connectivity index (χ4v) is 2.77. The second kappa shape index (κ2) is 7.26. The van der Waals surface area contributed by atoms with Crippen LogP contribution in [0.15, 0.2) is 36.5 Å². The maximum Gasteiger partial charge on any atom is 0.257 e. The molecule has 2 N–H and O–H groups in total. The van der Waals surface area contributed by atoms with Crippen LogP contribution >= 0.6 is 0 Å². The van der Waals surface area contributed by atoms with Crippen LogP contribution < -0.4 is 24.3 Å². The highest BCUT2D eigenvalue weighted by Gasteiger charge is 2.17. The molecule has 0 saturated carbocycles. The van der Waals surface area contributed by atoms with E-state index in [9.17, 15) is 4.79 Å². The molecule has 0 radical (unpaired) electrons. The molecule has 3 rings (SSSR count). The SMILES string of the molecule is COc1ccc2c(C(=O)Nc3cc(OC)c(OC)c(OC)c3)c[nH]c2c1. The summed E-state index contributed by atoms with van der Waals surface area (Å²) >= 11 is 0. The highest BCUT2D eigenvalue weighted by atomic mass is 16.5. The minimum absolute atomic E-state index is 0.254. The zero-order chi connectivity index (χ0) is 18.7. The third-order valence-corrected chi connectivity index (χ3v) is 4.06. The molecule has 0 atom stereocenters. The van der Waals surface area contributed by atoms with Gasteiger partial charge < -0.3 is 29.2 Å². The first-order chi connectivity index (χ1) is 12.6. The van der Waals surface area contributed by atoms with Gasteiger partial charge in [-0.1, -0.05) is 0 Å². The van der Waals surface area contributed by atoms with E-state index >= 15 is 0 Å². The molecular formula is C19H20N2O5. The van der Waals surface area contributed by atoms with Gasteiger partial charge in [-0.25, -0.2) is 0 Å². The summed E-state index contributed by atoms with van der Waals surface area (Å²) in [6.45, 7) is 0. The number of aromatic nitrogens is 1. The zero-order valence-electron chi connectivity index (χ0n) is 15.0. The van der Waals surface area contributed by atoms with Crippen molar-refractivity contribution in [1.82, 2.24) is 4.98 Å². The molecule has 1 aromatic heterocycles. The number of hydrogen-bond acceptors (Lipinski definition) is 5. The van der Waals surface area contributed by atoms with Gasteiger partial charge in [-0.2, -0.15) is 0 Å². The Labute approximate surface area is 150 Å². The lowest BCUT2D eigenvalue weighted by Gasteiger charge is -2.14. The number of fused-ring (bicyclic) bond motifs is 1. The molecule has 26 heavy (non-hydrogen) atoms. The molecule has 136 valence electrons. The van der Waals surface area contributed by atoms with Crippen LogP contribution in [0.25, 0.3) is 10.9 Å². The summed E-state index contributed by atoms with van der Waals surface area (Å²) in [7, 11) is 6.17. The van der Waals surface area contributed by atoms with Gasteiger partial charge in [0.2, 0.25) is 5.75 Å². The Morgan fingerprint density at radius 3 is 2.19 bits per heavy atom. The number of anilines is 1. The monoisotopic (exact) mass is 356 g/mol.